The number of aliphatic hydroxyl groups is 1. The molecule has 1 aliphatic rings. The largest absolute Gasteiger partial charge is 0.387 e. The second-order valence-corrected chi connectivity index (χ2v) is 7.41. The molecule has 1 fully saturated rings. The normalized spacial score (nSPS) is 17.7. The Bertz CT molecular complexity index is 601. The van der Waals surface area contributed by atoms with E-state index >= 15 is 0 Å². The lowest BCUT2D eigenvalue weighted by atomic mass is 10.1. The third kappa shape index (κ3) is 8.58. The maximum atomic E-state index is 10.8. The van der Waals surface area contributed by atoms with E-state index in [4.69, 9.17) is 4.74 Å². The van der Waals surface area contributed by atoms with E-state index in [0.717, 1.165) is 57.3 Å². The van der Waals surface area contributed by atoms with E-state index in [1.807, 2.05) is 25.5 Å². The van der Waals surface area contributed by atoms with Crippen molar-refractivity contribution in [3.63, 3.8) is 0 Å². The van der Waals surface area contributed by atoms with Crippen LogP contribution in [-0.4, -0.2) is 82.3 Å². The van der Waals surface area contributed by atoms with Crippen LogP contribution >= 0.6 is 24.0 Å². The van der Waals surface area contributed by atoms with Crippen LogP contribution in [0.3, 0.4) is 0 Å². The Kier molecular flexibility index (Phi) is 11.2. The monoisotopic (exact) mass is 509 g/mol. The first-order chi connectivity index (χ1) is 12.9. The molecule has 1 aromatic rings. The maximum absolute atomic E-state index is 10.8. The van der Waals surface area contributed by atoms with Crippen molar-refractivity contribution in [2.45, 2.75) is 45.8 Å². The van der Waals surface area contributed by atoms with Gasteiger partial charge in [0.25, 0.3) is 0 Å². The summed E-state index contributed by atoms with van der Waals surface area (Å²) in [6.07, 6.45) is 2.17. The highest BCUT2D eigenvalue weighted by Crippen LogP contribution is 2.07. The van der Waals surface area contributed by atoms with Crippen molar-refractivity contribution >= 4 is 29.9 Å². The molecule has 1 saturated heterocycles. The molecule has 1 aliphatic heterocycles. The van der Waals surface area contributed by atoms with Crippen molar-refractivity contribution in [2.75, 3.05) is 45.9 Å². The van der Waals surface area contributed by atoms with Gasteiger partial charge in [0.15, 0.2) is 11.8 Å². The number of hydrogen-bond acceptors (Lipinski definition) is 6. The molecule has 1 atom stereocenters. The summed E-state index contributed by atoms with van der Waals surface area (Å²) in [7, 11) is 1.94. The summed E-state index contributed by atoms with van der Waals surface area (Å²) in [4.78, 5) is 6.85. The van der Waals surface area contributed by atoms with Gasteiger partial charge in [0.05, 0.1) is 18.8 Å². The van der Waals surface area contributed by atoms with Crippen LogP contribution in [0.2, 0.25) is 0 Å². The lowest BCUT2D eigenvalue weighted by Crippen LogP contribution is -2.53. The summed E-state index contributed by atoms with van der Waals surface area (Å²) in [5.74, 6) is 2.36. The van der Waals surface area contributed by atoms with Crippen LogP contribution in [0.4, 0.5) is 0 Å². The van der Waals surface area contributed by atoms with Crippen molar-refractivity contribution in [1.82, 2.24) is 30.3 Å². The summed E-state index contributed by atoms with van der Waals surface area (Å²) < 4.78 is 7.30. The van der Waals surface area contributed by atoms with Gasteiger partial charge in [-0.3, -0.25) is 4.90 Å². The number of aryl methyl sites for hydroxylation is 1. The zero-order valence-electron chi connectivity index (χ0n) is 17.6. The molecular formula is C18H36IN7O2. The van der Waals surface area contributed by atoms with Gasteiger partial charge in [-0.25, -0.2) is 4.99 Å². The summed E-state index contributed by atoms with van der Waals surface area (Å²) in [6.45, 7) is 11.4. The van der Waals surface area contributed by atoms with E-state index in [0.29, 0.717) is 25.6 Å². The van der Waals surface area contributed by atoms with Gasteiger partial charge in [0.1, 0.15) is 12.4 Å². The Morgan fingerprint density at radius 2 is 2.00 bits per heavy atom. The topological polar surface area (TPSA) is 99.8 Å². The van der Waals surface area contributed by atoms with E-state index in [2.05, 4.69) is 37.6 Å². The highest BCUT2D eigenvalue weighted by Gasteiger charge is 2.25. The Morgan fingerprint density at radius 3 is 2.61 bits per heavy atom. The van der Waals surface area contributed by atoms with Crippen LogP contribution in [0.15, 0.2) is 4.99 Å². The van der Waals surface area contributed by atoms with Crippen molar-refractivity contribution in [3.05, 3.63) is 11.6 Å². The van der Waals surface area contributed by atoms with Crippen LogP contribution in [0, 0.1) is 6.92 Å². The fourth-order valence-electron chi connectivity index (χ4n) is 2.87. The summed E-state index contributed by atoms with van der Waals surface area (Å²) in [5, 5.41) is 25.6. The third-order valence-electron chi connectivity index (χ3n) is 4.69. The number of nitrogens with one attached hydrogen (secondary N) is 2. The number of β-amino-alcohol motifs (C(OH)–C–C–N with tert-alkyl or cyclic N) is 1. The number of guanidine groups is 1. The molecule has 28 heavy (non-hydrogen) atoms. The number of halogens is 1. The number of ether oxygens (including phenoxy) is 1. The predicted octanol–water partition coefficient (Wildman–Crippen LogP) is 0.660. The van der Waals surface area contributed by atoms with Crippen LogP contribution in [-0.2, 0) is 18.3 Å². The molecule has 0 bridgehead atoms. The van der Waals surface area contributed by atoms with Gasteiger partial charge in [-0.15, -0.1) is 34.2 Å². The molecule has 0 aliphatic carbocycles. The molecule has 0 aromatic carbocycles. The number of hydrogen-bond donors (Lipinski definition) is 3. The Labute approximate surface area is 185 Å². The molecule has 1 aromatic heterocycles. The fraction of sp³-hybridized carbons (Fsp3) is 0.833. The minimum atomic E-state index is -0.855. The molecule has 0 spiro atoms. The molecule has 162 valence electrons. The van der Waals surface area contributed by atoms with E-state index in [1.54, 1.807) is 0 Å². The number of unbranched alkanes of at least 4 members (excludes halogenated alkanes) is 1. The predicted molar refractivity (Wildman–Crippen MR) is 121 cm³/mol. The molecule has 2 heterocycles. The molecule has 3 N–H and O–H groups in total. The van der Waals surface area contributed by atoms with Gasteiger partial charge in [-0.2, -0.15) is 0 Å². The molecule has 2 rings (SSSR count). The molecule has 0 saturated carbocycles. The van der Waals surface area contributed by atoms with Crippen molar-refractivity contribution in [3.8, 4) is 0 Å². The van der Waals surface area contributed by atoms with Crippen molar-refractivity contribution in [1.29, 1.82) is 0 Å². The molecular weight excluding hydrogens is 473 g/mol. The number of morpholine rings is 1. The minimum absolute atomic E-state index is 0. The minimum Gasteiger partial charge on any atom is -0.387 e. The molecule has 1 unspecified atom stereocenters. The molecule has 0 radical (unpaired) electrons. The first-order valence-corrected chi connectivity index (χ1v) is 9.81. The zero-order chi connectivity index (χ0) is 19.7. The van der Waals surface area contributed by atoms with E-state index in [1.165, 1.54) is 0 Å². The van der Waals surface area contributed by atoms with Crippen LogP contribution in [0.5, 0.6) is 0 Å². The summed E-state index contributed by atoms with van der Waals surface area (Å²) in [5.41, 5.74) is -0.855. The van der Waals surface area contributed by atoms with Gasteiger partial charge in [-0.05, 0) is 20.3 Å². The molecule has 9 nitrogen and oxygen atoms in total. The Hall–Kier alpha value is -0.980. The summed E-state index contributed by atoms with van der Waals surface area (Å²) >= 11 is 0. The fourth-order valence-corrected chi connectivity index (χ4v) is 2.87. The number of rotatable bonds is 9. The zero-order valence-corrected chi connectivity index (χ0v) is 19.9. The van der Waals surface area contributed by atoms with Crippen LogP contribution < -0.4 is 10.6 Å². The average Bonchev–Trinajstić information content (AvgIpc) is 2.96. The molecule has 10 heteroatoms. The standard InChI is InChI=1S/C18H35N7O2.HI/c1-5-6-7-19-17(20-12-16-23-22-15(2)24(16)4)21-13-18(3,26)14-25-8-10-27-11-9-25;/h26H,5-14H2,1-4H3,(H2,19,20,21);1H. The van der Waals surface area contributed by atoms with Gasteiger partial charge >= 0.3 is 0 Å². The second-order valence-electron chi connectivity index (χ2n) is 7.41. The van der Waals surface area contributed by atoms with Crippen molar-refractivity contribution in [2.24, 2.45) is 12.0 Å². The Morgan fingerprint density at radius 1 is 1.29 bits per heavy atom. The van der Waals surface area contributed by atoms with E-state index in [-0.39, 0.29) is 24.0 Å². The van der Waals surface area contributed by atoms with Crippen LogP contribution in [0.1, 0.15) is 38.3 Å². The second kappa shape index (κ2) is 12.6. The smallest absolute Gasteiger partial charge is 0.191 e. The molecule has 0 amide bonds. The van der Waals surface area contributed by atoms with Gasteiger partial charge in [-0.1, -0.05) is 13.3 Å². The highest BCUT2D eigenvalue weighted by atomic mass is 127. The average molecular weight is 509 g/mol. The highest BCUT2D eigenvalue weighted by molar-refractivity contribution is 14.0. The Balaban J connectivity index is 0.00000392. The quantitative estimate of drug-likeness (QED) is 0.195. The van der Waals surface area contributed by atoms with Gasteiger partial charge in [0.2, 0.25) is 0 Å². The SMILES string of the molecule is CCCCNC(=NCc1nnc(C)n1C)NCC(C)(O)CN1CCOCC1.I. The van der Waals surface area contributed by atoms with Gasteiger partial charge in [0, 0.05) is 39.8 Å². The first kappa shape index (κ1) is 25.1. The third-order valence-corrected chi connectivity index (χ3v) is 4.69. The van der Waals surface area contributed by atoms with Crippen LogP contribution in [0.25, 0.3) is 0 Å². The lowest BCUT2D eigenvalue weighted by Gasteiger charge is -2.34. The van der Waals surface area contributed by atoms with Gasteiger partial charge < -0.3 is 25.0 Å². The van der Waals surface area contributed by atoms with Crippen molar-refractivity contribution < 1.29 is 9.84 Å². The lowest BCUT2D eigenvalue weighted by molar-refractivity contribution is -0.0201. The first-order valence-electron chi connectivity index (χ1n) is 9.81. The number of aromatic nitrogens is 3. The summed E-state index contributed by atoms with van der Waals surface area (Å²) in [6, 6.07) is 0. The van der Waals surface area contributed by atoms with E-state index in [9.17, 15) is 5.11 Å². The number of aliphatic imine (C=N–C) groups is 1. The maximum Gasteiger partial charge on any atom is 0.191 e. The number of nitrogens with zero attached hydrogens (tertiary/aromatic N) is 5. The van der Waals surface area contributed by atoms with E-state index < -0.39 is 5.60 Å².